The zero-order valence-electron chi connectivity index (χ0n) is 9.58. The van der Waals surface area contributed by atoms with Crippen molar-refractivity contribution in [1.29, 1.82) is 0 Å². The summed E-state index contributed by atoms with van der Waals surface area (Å²) in [4.78, 5) is 12.0. The Hall–Kier alpha value is -1.59. The lowest BCUT2D eigenvalue weighted by molar-refractivity contribution is 0.102. The fourth-order valence-electron chi connectivity index (χ4n) is 1.56. The summed E-state index contributed by atoms with van der Waals surface area (Å²) in [5, 5.41) is 3.08. The van der Waals surface area contributed by atoms with Crippen molar-refractivity contribution < 1.29 is 9.18 Å². The highest BCUT2D eigenvalue weighted by Gasteiger charge is 2.11. The fourth-order valence-corrected chi connectivity index (χ4v) is 2.42. The van der Waals surface area contributed by atoms with Crippen LogP contribution >= 0.6 is 27.5 Å². The predicted octanol–water partition coefficient (Wildman–Crippen LogP) is 4.08. The Kier molecular flexibility index (Phi) is 4.07. The summed E-state index contributed by atoms with van der Waals surface area (Å²) in [6.07, 6.45) is 0. The van der Waals surface area contributed by atoms with E-state index in [0.717, 1.165) is 0 Å². The fraction of sp³-hybridized carbons (Fsp3) is 0. The number of hydrogen-bond acceptors (Lipinski definition) is 2. The van der Waals surface area contributed by atoms with Crippen LogP contribution in [0.15, 0.2) is 40.9 Å². The maximum atomic E-state index is 13.2. The van der Waals surface area contributed by atoms with Crippen molar-refractivity contribution in [3.8, 4) is 0 Å². The minimum absolute atomic E-state index is 0.241. The molecule has 0 saturated carbocycles. The van der Waals surface area contributed by atoms with Gasteiger partial charge in [-0.3, -0.25) is 4.79 Å². The molecule has 0 spiro atoms. The summed E-state index contributed by atoms with van der Waals surface area (Å²) in [6.45, 7) is 0. The van der Waals surface area contributed by atoms with E-state index in [2.05, 4.69) is 21.2 Å². The molecule has 3 N–H and O–H groups in total. The maximum absolute atomic E-state index is 13.2. The van der Waals surface area contributed by atoms with E-state index in [1.54, 1.807) is 18.2 Å². The van der Waals surface area contributed by atoms with Crippen LogP contribution in [0.2, 0.25) is 5.02 Å². The molecule has 0 saturated heterocycles. The summed E-state index contributed by atoms with van der Waals surface area (Å²) >= 11 is 9.04. The van der Waals surface area contributed by atoms with Crippen molar-refractivity contribution in [3.63, 3.8) is 0 Å². The number of anilines is 2. The van der Waals surface area contributed by atoms with Gasteiger partial charge in [0, 0.05) is 20.9 Å². The van der Waals surface area contributed by atoms with Gasteiger partial charge in [-0.05, 0) is 52.3 Å². The van der Waals surface area contributed by atoms with E-state index in [1.165, 1.54) is 18.2 Å². The van der Waals surface area contributed by atoms with Gasteiger partial charge in [-0.2, -0.15) is 0 Å². The lowest BCUT2D eigenvalue weighted by Gasteiger charge is -2.08. The van der Waals surface area contributed by atoms with Crippen molar-refractivity contribution in [3.05, 3.63) is 57.3 Å². The van der Waals surface area contributed by atoms with Gasteiger partial charge >= 0.3 is 0 Å². The molecule has 0 aliphatic carbocycles. The van der Waals surface area contributed by atoms with Gasteiger partial charge < -0.3 is 11.1 Å². The molecular weight excluding hydrogens is 335 g/mol. The molecule has 19 heavy (non-hydrogen) atoms. The molecule has 0 atom stereocenters. The maximum Gasteiger partial charge on any atom is 0.256 e. The average Bonchev–Trinajstić information content (AvgIpc) is 2.26. The van der Waals surface area contributed by atoms with Crippen LogP contribution in [0.4, 0.5) is 15.8 Å². The standard InChI is InChI=1S/C13H9BrClFN2O/c14-12-3-7(15)1-2-11(12)13(19)18-10-5-8(16)4-9(17)6-10/h1-6H,17H2,(H,18,19). The lowest BCUT2D eigenvalue weighted by Crippen LogP contribution is -2.12. The third-order valence-corrected chi connectivity index (χ3v) is 3.24. The molecule has 3 nitrogen and oxygen atoms in total. The van der Waals surface area contributed by atoms with Gasteiger partial charge in [0.2, 0.25) is 0 Å². The number of nitrogen functional groups attached to an aromatic ring is 1. The van der Waals surface area contributed by atoms with Crippen molar-refractivity contribution in [1.82, 2.24) is 0 Å². The van der Waals surface area contributed by atoms with E-state index in [4.69, 9.17) is 17.3 Å². The van der Waals surface area contributed by atoms with Gasteiger partial charge in [0.05, 0.1) is 5.56 Å². The number of nitrogens with one attached hydrogen (secondary N) is 1. The first-order valence-electron chi connectivity index (χ1n) is 5.28. The Morgan fingerprint density at radius 2 is 2.00 bits per heavy atom. The average molecular weight is 344 g/mol. The Labute approximate surface area is 122 Å². The van der Waals surface area contributed by atoms with Gasteiger partial charge in [-0.1, -0.05) is 11.6 Å². The smallest absolute Gasteiger partial charge is 0.256 e. The molecule has 2 aromatic carbocycles. The first kappa shape index (κ1) is 13.8. The molecular formula is C13H9BrClFN2O. The topological polar surface area (TPSA) is 55.1 Å². The number of hydrogen-bond donors (Lipinski definition) is 2. The zero-order chi connectivity index (χ0) is 14.0. The second-order valence-corrected chi connectivity index (χ2v) is 5.14. The highest BCUT2D eigenvalue weighted by molar-refractivity contribution is 9.10. The van der Waals surface area contributed by atoms with E-state index >= 15 is 0 Å². The molecule has 0 aliphatic heterocycles. The van der Waals surface area contributed by atoms with Gasteiger partial charge in [0.15, 0.2) is 0 Å². The second-order valence-electron chi connectivity index (χ2n) is 3.85. The normalized spacial score (nSPS) is 10.3. The number of amides is 1. The summed E-state index contributed by atoms with van der Waals surface area (Å²) in [5.74, 6) is -0.890. The molecule has 98 valence electrons. The molecule has 0 unspecified atom stereocenters. The van der Waals surface area contributed by atoms with Crippen LogP contribution in [-0.2, 0) is 0 Å². The molecule has 2 rings (SSSR count). The third kappa shape index (κ3) is 3.45. The van der Waals surface area contributed by atoms with Gasteiger partial charge in [-0.25, -0.2) is 4.39 Å². The monoisotopic (exact) mass is 342 g/mol. The number of nitrogens with two attached hydrogens (primary N) is 1. The third-order valence-electron chi connectivity index (χ3n) is 2.35. The molecule has 0 radical (unpaired) electrons. The predicted molar refractivity (Wildman–Crippen MR) is 77.9 cm³/mol. The summed E-state index contributed by atoms with van der Waals surface area (Å²) in [5.41, 5.74) is 6.44. The highest BCUT2D eigenvalue weighted by atomic mass is 79.9. The Balaban J connectivity index is 2.25. The van der Waals surface area contributed by atoms with E-state index in [1.807, 2.05) is 0 Å². The molecule has 0 heterocycles. The van der Waals surface area contributed by atoms with Gasteiger partial charge in [-0.15, -0.1) is 0 Å². The second kappa shape index (κ2) is 5.59. The summed E-state index contributed by atoms with van der Waals surface area (Å²) in [6, 6.07) is 8.62. The zero-order valence-corrected chi connectivity index (χ0v) is 11.9. The number of carbonyl (C=O) groups is 1. The Bertz CT molecular complexity index is 628. The Morgan fingerprint density at radius 1 is 1.26 bits per heavy atom. The number of benzene rings is 2. The van der Waals surface area contributed by atoms with Crippen LogP contribution < -0.4 is 11.1 Å². The lowest BCUT2D eigenvalue weighted by atomic mass is 10.2. The van der Waals surface area contributed by atoms with Gasteiger partial charge in [0.25, 0.3) is 5.91 Å². The van der Waals surface area contributed by atoms with Crippen LogP contribution in [0.3, 0.4) is 0 Å². The van der Waals surface area contributed by atoms with Crippen molar-refractivity contribution >= 4 is 44.8 Å². The SMILES string of the molecule is Nc1cc(F)cc(NC(=O)c2ccc(Cl)cc2Br)c1. The Morgan fingerprint density at radius 3 is 2.63 bits per heavy atom. The van der Waals surface area contributed by atoms with Crippen LogP contribution in [0.1, 0.15) is 10.4 Å². The minimum Gasteiger partial charge on any atom is -0.399 e. The van der Waals surface area contributed by atoms with Crippen LogP contribution in [-0.4, -0.2) is 5.91 Å². The number of rotatable bonds is 2. The summed E-state index contributed by atoms with van der Waals surface area (Å²) in [7, 11) is 0. The molecule has 6 heteroatoms. The van der Waals surface area contributed by atoms with Crippen LogP contribution in [0.5, 0.6) is 0 Å². The molecule has 1 amide bonds. The van der Waals surface area contributed by atoms with Gasteiger partial charge in [0.1, 0.15) is 5.82 Å². The molecule has 0 bridgehead atoms. The van der Waals surface area contributed by atoms with Crippen LogP contribution in [0.25, 0.3) is 0 Å². The first-order chi connectivity index (χ1) is 8.95. The molecule has 2 aromatic rings. The molecule has 0 fully saturated rings. The van der Waals surface area contributed by atoms with Crippen molar-refractivity contribution in [2.45, 2.75) is 0 Å². The molecule has 0 aromatic heterocycles. The number of carbonyl (C=O) groups excluding carboxylic acids is 1. The van der Waals surface area contributed by atoms with Crippen LogP contribution in [0, 0.1) is 5.82 Å². The van der Waals surface area contributed by atoms with E-state index < -0.39 is 5.82 Å². The van der Waals surface area contributed by atoms with Crippen molar-refractivity contribution in [2.75, 3.05) is 11.1 Å². The largest absolute Gasteiger partial charge is 0.399 e. The molecule has 0 aliphatic rings. The van der Waals surface area contributed by atoms with E-state index in [9.17, 15) is 9.18 Å². The highest BCUT2D eigenvalue weighted by Crippen LogP contribution is 2.23. The van der Waals surface area contributed by atoms with E-state index in [-0.39, 0.29) is 11.6 Å². The van der Waals surface area contributed by atoms with E-state index in [0.29, 0.717) is 20.7 Å². The van der Waals surface area contributed by atoms with Crippen molar-refractivity contribution in [2.24, 2.45) is 0 Å². The quantitative estimate of drug-likeness (QED) is 0.807. The summed E-state index contributed by atoms with van der Waals surface area (Å²) < 4.78 is 13.7. The number of halogens is 3. The first-order valence-corrected chi connectivity index (χ1v) is 6.45. The minimum atomic E-state index is -0.509.